The Bertz CT molecular complexity index is 559. The lowest BCUT2D eigenvalue weighted by atomic mass is 9.92. The first-order valence-corrected chi connectivity index (χ1v) is 5.60. The number of amidine groups is 1. The molecule has 1 aromatic rings. The molecular weight excluding hydrogens is 275 g/mol. The van der Waals surface area contributed by atoms with Gasteiger partial charge in [-0.2, -0.15) is 0 Å². The van der Waals surface area contributed by atoms with E-state index in [9.17, 15) is 18.0 Å². The van der Waals surface area contributed by atoms with Crippen LogP contribution in [-0.2, 0) is 0 Å². The molecule has 0 bridgehead atoms. The van der Waals surface area contributed by atoms with Gasteiger partial charge in [-0.05, 0) is 12.1 Å². The van der Waals surface area contributed by atoms with Crippen molar-refractivity contribution in [1.29, 1.82) is 0 Å². The molecule has 110 valence electrons. The molecule has 0 unspecified atom stereocenters. The van der Waals surface area contributed by atoms with Gasteiger partial charge in [-0.15, -0.1) is 0 Å². The smallest absolute Gasteiger partial charge is 0.254 e. The van der Waals surface area contributed by atoms with Gasteiger partial charge in [-0.25, -0.2) is 13.2 Å². The van der Waals surface area contributed by atoms with Gasteiger partial charge in [0.05, 0.1) is 5.56 Å². The number of carbonyl (C=O) groups excluding carboxylic acids is 1. The topological polar surface area (TPSA) is 87.7 Å². The Kier molecular flexibility index (Phi) is 4.59. The fourth-order valence-electron chi connectivity index (χ4n) is 1.32. The van der Waals surface area contributed by atoms with Crippen LogP contribution in [0.15, 0.2) is 17.3 Å². The first kappa shape index (κ1) is 15.8. The lowest BCUT2D eigenvalue weighted by molar-refractivity contribution is 0.0939. The van der Waals surface area contributed by atoms with Crippen LogP contribution in [0, 0.1) is 22.9 Å². The summed E-state index contributed by atoms with van der Waals surface area (Å²) in [7, 11) is 0. The van der Waals surface area contributed by atoms with Crippen LogP contribution in [0.3, 0.4) is 0 Å². The molecule has 0 aliphatic rings. The highest BCUT2D eigenvalue weighted by molar-refractivity contribution is 5.95. The van der Waals surface area contributed by atoms with Crippen molar-refractivity contribution in [2.45, 2.75) is 13.8 Å². The van der Waals surface area contributed by atoms with Crippen LogP contribution in [0.2, 0.25) is 0 Å². The Balaban J connectivity index is 2.86. The molecule has 0 heterocycles. The number of carbonyl (C=O) groups is 1. The van der Waals surface area contributed by atoms with Gasteiger partial charge in [0.1, 0.15) is 5.84 Å². The summed E-state index contributed by atoms with van der Waals surface area (Å²) in [6.45, 7) is 3.06. The number of rotatable bonds is 4. The summed E-state index contributed by atoms with van der Waals surface area (Å²) in [6.07, 6.45) is 0. The molecular formula is C12H14F3N3O2. The molecule has 0 saturated carbocycles. The van der Waals surface area contributed by atoms with Gasteiger partial charge >= 0.3 is 0 Å². The van der Waals surface area contributed by atoms with Crippen LogP contribution in [0.25, 0.3) is 0 Å². The van der Waals surface area contributed by atoms with Gasteiger partial charge in [0.25, 0.3) is 5.91 Å². The number of halogens is 3. The minimum atomic E-state index is -1.71. The standard InChI is InChI=1S/C12H14F3N3O2/c1-12(2,11(16)18-20)5-17-10(19)6-3-4-7(13)9(15)8(6)14/h3-4,20H,5H2,1-2H3,(H2,16,18)(H,17,19). The second-order valence-corrected chi connectivity index (χ2v) is 4.77. The van der Waals surface area contributed by atoms with E-state index in [1.807, 2.05) is 0 Å². The number of hydrogen-bond donors (Lipinski definition) is 3. The molecule has 0 spiro atoms. The van der Waals surface area contributed by atoms with Crippen molar-refractivity contribution in [3.8, 4) is 0 Å². The molecule has 1 aromatic carbocycles. The number of nitrogens with zero attached hydrogens (tertiary/aromatic N) is 1. The van der Waals surface area contributed by atoms with Gasteiger partial charge in [-0.1, -0.05) is 19.0 Å². The first-order valence-electron chi connectivity index (χ1n) is 5.60. The predicted molar refractivity (Wildman–Crippen MR) is 65.8 cm³/mol. The van der Waals surface area contributed by atoms with E-state index in [1.165, 1.54) is 0 Å². The van der Waals surface area contributed by atoms with Crippen LogP contribution < -0.4 is 11.1 Å². The Labute approximate surface area is 113 Å². The van der Waals surface area contributed by atoms with Crippen molar-refractivity contribution in [3.05, 3.63) is 35.1 Å². The van der Waals surface area contributed by atoms with Gasteiger partial charge in [0.2, 0.25) is 0 Å². The third-order valence-corrected chi connectivity index (χ3v) is 2.77. The van der Waals surface area contributed by atoms with Crippen LogP contribution in [0.4, 0.5) is 13.2 Å². The summed E-state index contributed by atoms with van der Waals surface area (Å²) >= 11 is 0. The maximum atomic E-state index is 13.4. The van der Waals surface area contributed by atoms with E-state index in [-0.39, 0.29) is 12.4 Å². The summed E-state index contributed by atoms with van der Waals surface area (Å²) in [5, 5.41) is 13.7. The average Bonchev–Trinajstić information content (AvgIpc) is 2.41. The minimum Gasteiger partial charge on any atom is -0.409 e. The molecule has 1 rings (SSSR count). The molecule has 0 aliphatic carbocycles. The van der Waals surface area contributed by atoms with E-state index >= 15 is 0 Å². The maximum Gasteiger partial charge on any atom is 0.254 e. The zero-order valence-corrected chi connectivity index (χ0v) is 10.9. The highest BCUT2D eigenvalue weighted by Crippen LogP contribution is 2.17. The van der Waals surface area contributed by atoms with Crippen LogP contribution in [0.5, 0.6) is 0 Å². The minimum absolute atomic E-state index is 0.0832. The van der Waals surface area contributed by atoms with Gasteiger partial charge < -0.3 is 16.3 Å². The highest BCUT2D eigenvalue weighted by atomic mass is 19.2. The summed E-state index contributed by atoms with van der Waals surface area (Å²) < 4.78 is 39.1. The first-order chi connectivity index (χ1) is 9.20. The van der Waals surface area contributed by atoms with Crippen molar-refractivity contribution in [2.75, 3.05) is 6.54 Å². The maximum absolute atomic E-state index is 13.4. The molecule has 0 aromatic heterocycles. The molecule has 20 heavy (non-hydrogen) atoms. The van der Waals surface area contributed by atoms with E-state index in [2.05, 4.69) is 10.5 Å². The zero-order chi connectivity index (χ0) is 15.5. The molecule has 0 atom stereocenters. The summed E-state index contributed by atoms with van der Waals surface area (Å²) in [5.74, 6) is -5.72. The second kappa shape index (κ2) is 5.81. The average molecular weight is 289 g/mol. The number of hydrogen-bond acceptors (Lipinski definition) is 3. The van der Waals surface area contributed by atoms with Crippen molar-refractivity contribution in [3.63, 3.8) is 0 Å². The van der Waals surface area contributed by atoms with E-state index in [1.54, 1.807) is 13.8 Å². The van der Waals surface area contributed by atoms with Crippen molar-refractivity contribution in [2.24, 2.45) is 16.3 Å². The number of amides is 1. The number of benzene rings is 1. The Morgan fingerprint density at radius 3 is 2.50 bits per heavy atom. The fourth-order valence-corrected chi connectivity index (χ4v) is 1.32. The molecule has 0 saturated heterocycles. The van der Waals surface area contributed by atoms with Crippen molar-refractivity contribution >= 4 is 11.7 Å². The van der Waals surface area contributed by atoms with E-state index in [4.69, 9.17) is 10.9 Å². The second-order valence-electron chi connectivity index (χ2n) is 4.77. The lowest BCUT2D eigenvalue weighted by Gasteiger charge is -2.23. The third kappa shape index (κ3) is 3.19. The molecule has 4 N–H and O–H groups in total. The quantitative estimate of drug-likeness (QED) is 0.259. The highest BCUT2D eigenvalue weighted by Gasteiger charge is 2.26. The molecule has 1 amide bonds. The van der Waals surface area contributed by atoms with Crippen LogP contribution in [0.1, 0.15) is 24.2 Å². The monoisotopic (exact) mass is 289 g/mol. The predicted octanol–water partition coefficient (Wildman–Crippen LogP) is 1.61. The van der Waals surface area contributed by atoms with Gasteiger partial charge in [0.15, 0.2) is 17.5 Å². The van der Waals surface area contributed by atoms with Gasteiger partial charge in [0, 0.05) is 12.0 Å². The molecule has 0 radical (unpaired) electrons. The normalized spacial score (nSPS) is 12.3. The number of oxime groups is 1. The van der Waals surface area contributed by atoms with Crippen molar-refractivity contribution in [1.82, 2.24) is 5.32 Å². The van der Waals surface area contributed by atoms with E-state index in [0.29, 0.717) is 6.07 Å². The molecule has 5 nitrogen and oxygen atoms in total. The van der Waals surface area contributed by atoms with E-state index in [0.717, 1.165) is 6.07 Å². The van der Waals surface area contributed by atoms with Crippen LogP contribution >= 0.6 is 0 Å². The zero-order valence-electron chi connectivity index (χ0n) is 10.9. The molecule has 0 fully saturated rings. The largest absolute Gasteiger partial charge is 0.409 e. The number of nitrogens with one attached hydrogen (secondary N) is 1. The lowest BCUT2D eigenvalue weighted by Crippen LogP contribution is -2.42. The summed E-state index contributed by atoms with van der Waals surface area (Å²) in [6, 6.07) is 1.49. The third-order valence-electron chi connectivity index (χ3n) is 2.77. The molecule has 0 aliphatic heterocycles. The van der Waals surface area contributed by atoms with Crippen LogP contribution in [-0.4, -0.2) is 23.5 Å². The summed E-state index contributed by atoms with van der Waals surface area (Å²) in [4.78, 5) is 11.7. The Morgan fingerprint density at radius 2 is 1.95 bits per heavy atom. The fraction of sp³-hybridized carbons (Fsp3) is 0.333. The number of nitrogens with two attached hydrogens (primary N) is 1. The SMILES string of the molecule is CC(C)(CNC(=O)c1ccc(F)c(F)c1F)/C(N)=N/O. The molecule has 8 heteroatoms. The van der Waals surface area contributed by atoms with Gasteiger partial charge in [-0.3, -0.25) is 4.79 Å². The van der Waals surface area contributed by atoms with Crippen molar-refractivity contribution < 1.29 is 23.2 Å². The van der Waals surface area contributed by atoms with E-state index < -0.39 is 34.3 Å². The Hall–Kier alpha value is -2.25. The summed E-state index contributed by atoms with van der Waals surface area (Å²) in [5.41, 5.74) is 3.90. The Morgan fingerprint density at radius 1 is 1.35 bits per heavy atom.